The van der Waals surface area contributed by atoms with Crippen LogP contribution in [0.2, 0.25) is 0 Å². The molecule has 8 rings (SSSR count). The third-order valence-electron chi connectivity index (χ3n) is 9.90. The fourth-order valence-corrected chi connectivity index (χ4v) is 8.07. The van der Waals surface area contributed by atoms with Gasteiger partial charge in [0.1, 0.15) is 6.10 Å². The minimum Gasteiger partial charge on any atom is -0.504 e. The molecule has 0 unspecified atom stereocenters. The molecule has 2 aromatic carbocycles. The highest BCUT2D eigenvalue weighted by atomic mass is 35.5. The fourth-order valence-electron chi connectivity index (χ4n) is 8.07. The molecule has 1 amide bonds. The van der Waals surface area contributed by atoms with Gasteiger partial charge in [-0.15, -0.1) is 12.4 Å². The smallest absolute Gasteiger partial charge is 0.251 e. The highest BCUT2D eigenvalue weighted by Crippen LogP contribution is 2.65. The van der Waals surface area contributed by atoms with E-state index in [9.17, 15) is 15.0 Å². The zero-order valence-corrected chi connectivity index (χ0v) is 21.4. The second-order valence-electron chi connectivity index (χ2n) is 11.7. The lowest BCUT2D eigenvalue weighted by Crippen LogP contribution is -2.78. The Morgan fingerprint density at radius 2 is 2.03 bits per heavy atom. The van der Waals surface area contributed by atoms with E-state index < -0.39 is 17.1 Å². The summed E-state index contributed by atoms with van der Waals surface area (Å²) >= 11 is 0. The van der Waals surface area contributed by atoms with Crippen molar-refractivity contribution < 1.29 is 19.7 Å². The van der Waals surface area contributed by atoms with Gasteiger partial charge in [0.15, 0.2) is 11.5 Å². The number of ether oxygens (including phenoxy) is 1. The van der Waals surface area contributed by atoms with Gasteiger partial charge >= 0.3 is 0 Å². The molecule has 2 bridgehead atoms. The van der Waals surface area contributed by atoms with Crippen LogP contribution in [-0.2, 0) is 11.8 Å². The number of carbonyl (C=O) groups excluding carboxylic acids is 1. The molecule has 0 radical (unpaired) electrons. The molecule has 8 heteroatoms. The number of amides is 1. The van der Waals surface area contributed by atoms with Gasteiger partial charge in [-0.3, -0.25) is 9.69 Å². The third-order valence-corrected chi connectivity index (χ3v) is 9.90. The zero-order chi connectivity index (χ0) is 24.2. The van der Waals surface area contributed by atoms with Crippen molar-refractivity contribution in [1.29, 1.82) is 0 Å². The number of aromatic nitrogens is 1. The van der Waals surface area contributed by atoms with Crippen LogP contribution in [0.4, 0.5) is 0 Å². The maximum absolute atomic E-state index is 13.4. The van der Waals surface area contributed by atoms with Gasteiger partial charge in [-0.2, -0.15) is 0 Å². The number of phenolic OH excluding ortho intramolecular Hbond substituents is 1. The Labute approximate surface area is 221 Å². The Balaban J connectivity index is 0.00000231. The lowest BCUT2D eigenvalue weighted by Gasteiger charge is -2.64. The molecule has 194 valence electrons. The minimum absolute atomic E-state index is 0. The number of carbonyl (C=O) groups is 1. The van der Waals surface area contributed by atoms with Crippen LogP contribution in [0.15, 0.2) is 42.6 Å². The third kappa shape index (κ3) is 3.05. The second kappa shape index (κ2) is 7.88. The summed E-state index contributed by atoms with van der Waals surface area (Å²) in [7, 11) is 0. The molecule has 1 aromatic heterocycles. The number of nitrogens with zero attached hydrogens (tertiary/aromatic N) is 1. The number of likely N-dealkylation sites (tertiary alicyclic amines) is 1. The predicted octanol–water partition coefficient (Wildman–Crippen LogP) is 3.66. The standard InChI is InChI=1S/C29H31N3O4.ClH/c33-22-6-5-18-14-23-29(35)9-7-20(31-27(34)19-4-3-17-8-11-30-21(17)13-19)26-28(29,24(18)25(22)36-26)10-12-32(23)15-16-1-2-16;/h3-6,8,11,13,16,20,23,26,30,33,35H,1-2,7,9-10,12,14-15H2,(H,31,34);1H/t20-,23+,26-,28-,29+;/m0./s1. The van der Waals surface area contributed by atoms with Crippen LogP contribution in [0.5, 0.6) is 11.5 Å². The van der Waals surface area contributed by atoms with Gasteiger partial charge in [-0.1, -0.05) is 12.1 Å². The average Bonchev–Trinajstić information content (AvgIpc) is 3.42. The van der Waals surface area contributed by atoms with E-state index in [-0.39, 0.29) is 36.1 Å². The zero-order valence-electron chi connectivity index (χ0n) is 20.6. The van der Waals surface area contributed by atoms with Crippen LogP contribution in [0.3, 0.4) is 0 Å². The fraction of sp³-hybridized carbons (Fsp3) is 0.483. The quantitative estimate of drug-likeness (QED) is 0.420. The van der Waals surface area contributed by atoms with Crippen molar-refractivity contribution in [2.45, 2.75) is 67.7 Å². The molecule has 3 aromatic rings. The Morgan fingerprint density at radius 1 is 1.16 bits per heavy atom. The van der Waals surface area contributed by atoms with Gasteiger partial charge in [-0.05, 0) is 86.2 Å². The number of phenols is 1. The number of aromatic amines is 1. The molecule has 5 aliphatic rings. The number of H-pyrrole nitrogens is 1. The lowest BCUT2D eigenvalue weighted by atomic mass is 9.48. The van der Waals surface area contributed by atoms with Crippen LogP contribution in [-0.4, -0.2) is 62.9 Å². The monoisotopic (exact) mass is 521 g/mol. The number of hydrogen-bond donors (Lipinski definition) is 4. The number of aromatic hydroxyl groups is 1. The van der Waals surface area contributed by atoms with Gasteiger partial charge in [0.25, 0.3) is 5.91 Å². The summed E-state index contributed by atoms with van der Waals surface area (Å²) in [5.74, 6) is 1.25. The summed E-state index contributed by atoms with van der Waals surface area (Å²) in [5, 5.41) is 27.7. The molecule has 2 aliphatic heterocycles. The first-order chi connectivity index (χ1) is 17.5. The Hall–Kier alpha value is -2.74. The van der Waals surface area contributed by atoms with Gasteiger partial charge < -0.3 is 25.3 Å². The van der Waals surface area contributed by atoms with Crippen molar-refractivity contribution in [3.8, 4) is 11.5 Å². The number of fused-ring (bicyclic) bond motifs is 1. The number of aliphatic hydroxyl groups is 1. The number of halogens is 1. The van der Waals surface area contributed by atoms with Crippen molar-refractivity contribution in [3.05, 3.63) is 59.3 Å². The maximum atomic E-state index is 13.4. The van der Waals surface area contributed by atoms with Crippen LogP contribution in [0.1, 0.15) is 53.6 Å². The molecule has 3 aliphatic carbocycles. The topological polar surface area (TPSA) is 97.8 Å². The summed E-state index contributed by atoms with van der Waals surface area (Å²) in [6.07, 6.45) is 6.81. The molecule has 5 atom stereocenters. The van der Waals surface area contributed by atoms with Crippen LogP contribution in [0, 0.1) is 5.92 Å². The van der Waals surface area contributed by atoms with Crippen LogP contribution < -0.4 is 10.1 Å². The molecule has 37 heavy (non-hydrogen) atoms. The summed E-state index contributed by atoms with van der Waals surface area (Å²) in [5.41, 5.74) is 2.12. The van der Waals surface area contributed by atoms with Gasteiger partial charge in [0.05, 0.1) is 17.1 Å². The Bertz CT molecular complexity index is 1420. The van der Waals surface area contributed by atoms with Gasteiger partial charge in [-0.25, -0.2) is 0 Å². The van der Waals surface area contributed by atoms with E-state index in [2.05, 4.69) is 15.2 Å². The molecule has 1 spiro atoms. The molecule has 7 nitrogen and oxygen atoms in total. The average molecular weight is 522 g/mol. The number of nitrogens with one attached hydrogen (secondary N) is 2. The highest BCUT2D eigenvalue weighted by molar-refractivity contribution is 5.98. The number of piperidine rings is 1. The van der Waals surface area contributed by atoms with E-state index in [1.165, 1.54) is 18.4 Å². The molecule has 1 saturated heterocycles. The molecule has 3 fully saturated rings. The molecular formula is C29H32ClN3O4. The molecule has 3 heterocycles. The van der Waals surface area contributed by atoms with E-state index in [0.717, 1.165) is 48.3 Å². The van der Waals surface area contributed by atoms with Gasteiger partial charge in [0, 0.05) is 35.4 Å². The van der Waals surface area contributed by atoms with E-state index in [1.807, 2.05) is 36.5 Å². The number of hydrogen-bond acceptors (Lipinski definition) is 5. The first kappa shape index (κ1) is 23.4. The normalized spacial score (nSPS) is 33.4. The summed E-state index contributed by atoms with van der Waals surface area (Å²) in [6, 6.07) is 11.2. The van der Waals surface area contributed by atoms with Crippen LogP contribution in [0.25, 0.3) is 10.9 Å². The lowest BCUT2D eigenvalue weighted by molar-refractivity contribution is -0.191. The first-order valence-corrected chi connectivity index (χ1v) is 13.3. The number of rotatable bonds is 4. The Kier molecular flexibility index (Phi) is 4.98. The maximum Gasteiger partial charge on any atom is 0.251 e. The highest BCUT2D eigenvalue weighted by Gasteiger charge is 2.73. The second-order valence-corrected chi connectivity index (χ2v) is 11.7. The van der Waals surface area contributed by atoms with Crippen LogP contribution >= 0.6 is 12.4 Å². The van der Waals surface area contributed by atoms with E-state index >= 15 is 0 Å². The molecular weight excluding hydrogens is 490 g/mol. The van der Waals surface area contributed by atoms with Crippen molar-refractivity contribution >= 4 is 29.2 Å². The summed E-state index contributed by atoms with van der Waals surface area (Å²) < 4.78 is 6.56. The molecule has 2 saturated carbocycles. The first-order valence-electron chi connectivity index (χ1n) is 13.3. The van der Waals surface area contributed by atoms with Crippen molar-refractivity contribution in [1.82, 2.24) is 15.2 Å². The van der Waals surface area contributed by atoms with E-state index in [0.29, 0.717) is 24.2 Å². The number of benzene rings is 2. The van der Waals surface area contributed by atoms with E-state index in [4.69, 9.17) is 4.74 Å². The van der Waals surface area contributed by atoms with Crippen molar-refractivity contribution in [2.75, 3.05) is 13.1 Å². The minimum atomic E-state index is -0.943. The Morgan fingerprint density at radius 3 is 2.86 bits per heavy atom. The molecule has 4 N–H and O–H groups in total. The van der Waals surface area contributed by atoms with Crippen molar-refractivity contribution in [3.63, 3.8) is 0 Å². The predicted molar refractivity (Wildman–Crippen MR) is 142 cm³/mol. The summed E-state index contributed by atoms with van der Waals surface area (Å²) in [6.45, 7) is 1.96. The SMILES string of the molecule is Cl.O=C(N[C@H]1CC[C@@]2(O)[C@H]3Cc4ccc(O)c5c4[C@@]2(CCN3CC2CC2)[C@H]1O5)c1ccc2cc[nH]c2c1. The van der Waals surface area contributed by atoms with Crippen molar-refractivity contribution in [2.24, 2.45) is 5.92 Å². The summed E-state index contributed by atoms with van der Waals surface area (Å²) in [4.78, 5) is 19.1. The largest absolute Gasteiger partial charge is 0.504 e. The van der Waals surface area contributed by atoms with E-state index in [1.54, 1.807) is 6.07 Å². The van der Waals surface area contributed by atoms with Gasteiger partial charge in [0.2, 0.25) is 0 Å².